The SMILES string of the molecule is COCCc1ccc(C#CSI)cc1. The minimum absolute atomic E-state index is 0.772. The zero-order valence-electron chi connectivity index (χ0n) is 7.92. The molecule has 0 saturated heterocycles. The lowest BCUT2D eigenvalue weighted by Crippen LogP contribution is -1.93. The number of hydrogen-bond acceptors (Lipinski definition) is 2. The summed E-state index contributed by atoms with van der Waals surface area (Å²) < 4.78 is 5.01. The van der Waals surface area contributed by atoms with E-state index in [9.17, 15) is 0 Å². The lowest BCUT2D eigenvalue weighted by atomic mass is 10.1. The standard InChI is InChI=1S/C11H11IOS/c1-13-8-6-10-2-4-11(5-3-10)7-9-14-12/h2-5H,6,8H2,1H3. The summed E-state index contributed by atoms with van der Waals surface area (Å²) in [7, 11) is 3.22. The summed E-state index contributed by atoms with van der Waals surface area (Å²) in [6, 6.07) is 8.29. The molecule has 74 valence electrons. The Morgan fingerprint density at radius 1 is 1.36 bits per heavy atom. The predicted octanol–water partition coefficient (Wildman–Crippen LogP) is 3.27. The van der Waals surface area contributed by atoms with E-state index in [4.69, 9.17) is 4.74 Å². The van der Waals surface area contributed by atoms with Crippen LogP contribution in [-0.4, -0.2) is 13.7 Å². The maximum absolute atomic E-state index is 5.01. The fourth-order valence-electron chi connectivity index (χ4n) is 1.05. The van der Waals surface area contributed by atoms with E-state index in [-0.39, 0.29) is 0 Å². The van der Waals surface area contributed by atoms with E-state index in [0.717, 1.165) is 18.6 Å². The average molecular weight is 318 g/mol. The molecule has 1 aromatic carbocycles. The number of benzene rings is 1. The van der Waals surface area contributed by atoms with E-state index in [1.165, 1.54) is 14.5 Å². The smallest absolute Gasteiger partial charge is 0.0502 e. The van der Waals surface area contributed by atoms with Crippen molar-refractivity contribution in [3.8, 4) is 11.2 Å². The highest BCUT2D eigenvalue weighted by Gasteiger charge is 1.92. The summed E-state index contributed by atoms with van der Waals surface area (Å²) >= 11 is 2.17. The van der Waals surface area contributed by atoms with Gasteiger partial charge in [0.15, 0.2) is 0 Å². The van der Waals surface area contributed by atoms with Crippen molar-refractivity contribution in [3.05, 3.63) is 35.4 Å². The molecule has 1 aromatic rings. The van der Waals surface area contributed by atoms with Gasteiger partial charge in [-0.1, -0.05) is 18.1 Å². The lowest BCUT2D eigenvalue weighted by Gasteiger charge is -1.99. The fourth-order valence-corrected chi connectivity index (χ4v) is 1.54. The lowest BCUT2D eigenvalue weighted by molar-refractivity contribution is 0.202. The second-order valence-electron chi connectivity index (χ2n) is 2.74. The molecule has 0 aliphatic carbocycles. The summed E-state index contributed by atoms with van der Waals surface area (Å²) in [6.07, 6.45) is 0.964. The van der Waals surface area contributed by atoms with E-state index in [1.54, 1.807) is 7.11 Å². The van der Waals surface area contributed by atoms with E-state index < -0.39 is 0 Å². The molecule has 3 heteroatoms. The maximum Gasteiger partial charge on any atom is 0.0502 e. The van der Waals surface area contributed by atoms with Crippen LogP contribution in [0.3, 0.4) is 0 Å². The van der Waals surface area contributed by atoms with Gasteiger partial charge in [-0.15, -0.1) is 0 Å². The summed E-state index contributed by atoms with van der Waals surface area (Å²) in [5.74, 6) is 3.05. The van der Waals surface area contributed by atoms with Crippen LogP contribution in [-0.2, 0) is 11.2 Å². The van der Waals surface area contributed by atoms with E-state index >= 15 is 0 Å². The molecular weight excluding hydrogens is 307 g/mol. The monoisotopic (exact) mass is 318 g/mol. The van der Waals surface area contributed by atoms with E-state index in [2.05, 4.69) is 44.5 Å². The van der Waals surface area contributed by atoms with Gasteiger partial charge in [0.25, 0.3) is 0 Å². The quantitative estimate of drug-likeness (QED) is 0.625. The average Bonchev–Trinajstić information content (AvgIpc) is 2.25. The highest BCUT2D eigenvalue weighted by Crippen LogP contribution is 2.09. The Morgan fingerprint density at radius 2 is 2.07 bits per heavy atom. The van der Waals surface area contributed by atoms with Crippen molar-refractivity contribution in [2.24, 2.45) is 0 Å². The maximum atomic E-state index is 5.01. The molecule has 0 radical (unpaired) electrons. The molecule has 0 atom stereocenters. The third kappa shape index (κ3) is 4.36. The van der Waals surface area contributed by atoms with Crippen LogP contribution in [0.15, 0.2) is 24.3 Å². The van der Waals surface area contributed by atoms with Gasteiger partial charge < -0.3 is 4.74 Å². The van der Waals surface area contributed by atoms with Crippen LogP contribution in [0.2, 0.25) is 0 Å². The Bertz CT molecular complexity index is 323. The first-order chi connectivity index (χ1) is 6.86. The highest BCUT2D eigenvalue weighted by atomic mass is 127. The van der Waals surface area contributed by atoms with Gasteiger partial charge in [-0.2, -0.15) is 0 Å². The number of ether oxygens (including phenoxy) is 1. The Balaban J connectivity index is 2.59. The molecule has 1 rings (SSSR count). The van der Waals surface area contributed by atoms with Crippen LogP contribution in [0, 0.1) is 11.2 Å². The third-order valence-corrected chi connectivity index (χ3v) is 2.62. The molecule has 0 unspecified atom stereocenters. The van der Waals surface area contributed by atoms with Crippen LogP contribution < -0.4 is 0 Å². The highest BCUT2D eigenvalue weighted by molar-refractivity contribution is 14.2. The molecule has 0 fully saturated rings. The van der Waals surface area contributed by atoms with Crippen molar-refractivity contribution in [1.82, 2.24) is 0 Å². The molecule has 0 saturated carbocycles. The molecule has 0 N–H and O–H groups in total. The first kappa shape index (κ1) is 11.9. The van der Waals surface area contributed by atoms with Crippen LogP contribution in [0.25, 0.3) is 0 Å². The molecule has 1 nitrogen and oxygen atoms in total. The molecular formula is C11H11IOS. The molecule has 0 aromatic heterocycles. The Hall–Kier alpha value is -0.180. The zero-order valence-corrected chi connectivity index (χ0v) is 10.9. The van der Waals surface area contributed by atoms with Gasteiger partial charge in [0.1, 0.15) is 0 Å². The second kappa shape index (κ2) is 7.16. The summed E-state index contributed by atoms with van der Waals surface area (Å²) in [5, 5.41) is 2.96. The van der Waals surface area contributed by atoms with Gasteiger partial charge in [-0.3, -0.25) is 0 Å². The molecule has 14 heavy (non-hydrogen) atoms. The molecule has 0 amide bonds. The first-order valence-corrected chi connectivity index (χ1v) is 7.59. The number of rotatable bonds is 3. The van der Waals surface area contributed by atoms with Crippen LogP contribution in [0.4, 0.5) is 0 Å². The van der Waals surface area contributed by atoms with Gasteiger partial charge in [-0.25, -0.2) is 0 Å². The minimum Gasteiger partial charge on any atom is -0.384 e. The van der Waals surface area contributed by atoms with Gasteiger partial charge in [0.05, 0.1) is 6.61 Å². The number of methoxy groups -OCH3 is 1. The van der Waals surface area contributed by atoms with Crippen molar-refractivity contribution in [2.45, 2.75) is 6.42 Å². The third-order valence-electron chi connectivity index (χ3n) is 1.78. The summed E-state index contributed by atoms with van der Waals surface area (Å²) in [6.45, 7) is 0.772. The van der Waals surface area contributed by atoms with Gasteiger partial charge >= 0.3 is 0 Å². The van der Waals surface area contributed by atoms with E-state index in [0.29, 0.717) is 0 Å². The first-order valence-electron chi connectivity index (χ1n) is 4.23. The Morgan fingerprint density at radius 3 is 2.64 bits per heavy atom. The molecule has 0 heterocycles. The summed E-state index contributed by atoms with van der Waals surface area (Å²) in [4.78, 5) is 0. The summed E-state index contributed by atoms with van der Waals surface area (Å²) in [5.41, 5.74) is 2.36. The second-order valence-corrected chi connectivity index (χ2v) is 4.42. The van der Waals surface area contributed by atoms with Crippen molar-refractivity contribution < 1.29 is 4.74 Å². The molecule has 0 bridgehead atoms. The largest absolute Gasteiger partial charge is 0.384 e. The van der Waals surface area contributed by atoms with Gasteiger partial charge in [0, 0.05) is 33.9 Å². The predicted molar refractivity (Wildman–Crippen MR) is 70.5 cm³/mol. The van der Waals surface area contributed by atoms with Gasteiger partial charge in [-0.05, 0) is 38.3 Å². The Kier molecular flexibility index (Phi) is 6.08. The van der Waals surface area contributed by atoms with Crippen LogP contribution >= 0.6 is 30.1 Å². The number of hydrogen-bond donors (Lipinski definition) is 0. The van der Waals surface area contributed by atoms with Crippen molar-refractivity contribution in [1.29, 1.82) is 0 Å². The van der Waals surface area contributed by atoms with E-state index in [1.807, 2.05) is 12.1 Å². The molecule has 0 aliphatic rings. The number of halogens is 1. The van der Waals surface area contributed by atoms with Gasteiger partial charge in [0.2, 0.25) is 0 Å². The Labute approximate surface area is 101 Å². The molecule has 0 spiro atoms. The normalized spacial score (nSPS) is 9.29. The van der Waals surface area contributed by atoms with Crippen molar-refractivity contribution >= 4 is 30.1 Å². The van der Waals surface area contributed by atoms with Crippen molar-refractivity contribution in [2.75, 3.05) is 13.7 Å². The van der Waals surface area contributed by atoms with Crippen LogP contribution in [0.1, 0.15) is 11.1 Å². The topological polar surface area (TPSA) is 9.23 Å². The fraction of sp³-hybridized carbons (Fsp3) is 0.273. The minimum atomic E-state index is 0.772. The zero-order chi connectivity index (χ0) is 10.2. The van der Waals surface area contributed by atoms with Crippen molar-refractivity contribution in [3.63, 3.8) is 0 Å². The molecule has 0 aliphatic heterocycles. The van der Waals surface area contributed by atoms with Crippen LogP contribution in [0.5, 0.6) is 0 Å².